The van der Waals surface area contributed by atoms with E-state index in [1.54, 1.807) is 0 Å². The van der Waals surface area contributed by atoms with Gasteiger partial charge in [0.05, 0.1) is 23.3 Å². The molecule has 1 rings (SSSR count). The van der Waals surface area contributed by atoms with Crippen molar-refractivity contribution < 1.29 is 25.0 Å². The molecule has 0 saturated carbocycles. The molecule has 0 saturated heterocycles. The lowest BCUT2D eigenvalue weighted by Gasteiger charge is -2.34. The van der Waals surface area contributed by atoms with Gasteiger partial charge >= 0.3 is 0 Å². The number of rotatable bonds is 11. The highest BCUT2D eigenvalue weighted by Gasteiger charge is 2.57. The SMILES string of the molecule is CO/N=C(/CC(C)C)C1=C(O)[C@](O)(C(O)CCC(C)C)[C@@H](CCC(C)C)C1=O. The first-order valence-electron chi connectivity index (χ1n) is 10.4. The van der Waals surface area contributed by atoms with Crippen LogP contribution in [0.1, 0.15) is 73.6 Å². The van der Waals surface area contributed by atoms with Gasteiger partial charge in [-0.1, -0.05) is 53.1 Å². The van der Waals surface area contributed by atoms with Gasteiger partial charge in [0.2, 0.25) is 0 Å². The van der Waals surface area contributed by atoms with Crippen LogP contribution in [0.2, 0.25) is 0 Å². The van der Waals surface area contributed by atoms with Crippen LogP contribution in [0.15, 0.2) is 16.5 Å². The third-order valence-corrected chi connectivity index (χ3v) is 5.36. The molecule has 3 atom stereocenters. The van der Waals surface area contributed by atoms with E-state index >= 15 is 0 Å². The lowest BCUT2D eigenvalue weighted by atomic mass is 9.78. The molecule has 1 aliphatic rings. The maximum Gasteiger partial charge on any atom is 0.174 e. The summed E-state index contributed by atoms with van der Waals surface area (Å²) in [5.74, 6) is -0.864. The van der Waals surface area contributed by atoms with Crippen molar-refractivity contribution in [3.8, 4) is 0 Å². The van der Waals surface area contributed by atoms with Gasteiger partial charge in [-0.05, 0) is 43.4 Å². The van der Waals surface area contributed by atoms with Crippen LogP contribution in [0.4, 0.5) is 0 Å². The Morgan fingerprint density at radius 1 is 1.07 bits per heavy atom. The predicted molar refractivity (Wildman–Crippen MR) is 111 cm³/mol. The molecule has 1 unspecified atom stereocenters. The molecule has 28 heavy (non-hydrogen) atoms. The third kappa shape index (κ3) is 5.57. The molecule has 0 aromatic heterocycles. The summed E-state index contributed by atoms with van der Waals surface area (Å²) in [6.45, 7) is 12.1. The quantitative estimate of drug-likeness (QED) is 0.361. The van der Waals surface area contributed by atoms with E-state index in [0.29, 0.717) is 49.7 Å². The molecule has 0 aromatic rings. The minimum atomic E-state index is -1.98. The van der Waals surface area contributed by atoms with E-state index in [4.69, 9.17) is 4.84 Å². The summed E-state index contributed by atoms with van der Waals surface area (Å²) < 4.78 is 0. The Kier molecular flexibility index (Phi) is 9.15. The zero-order chi connectivity index (χ0) is 21.6. The average Bonchev–Trinajstić information content (AvgIpc) is 2.77. The first kappa shape index (κ1) is 24.6. The summed E-state index contributed by atoms with van der Waals surface area (Å²) in [4.78, 5) is 18.2. The van der Waals surface area contributed by atoms with Gasteiger partial charge in [0.15, 0.2) is 11.4 Å². The number of aliphatic hydroxyl groups is 3. The topological polar surface area (TPSA) is 99.3 Å². The van der Waals surface area contributed by atoms with E-state index in [-0.39, 0.29) is 17.3 Å². The fourth-order valence-electron chi connectivity index (χ4n) is 3.77. The molecule has 162 valence electrons. The number of aliphatic hydroxyl groups excluding tert-OH is 2. The molecule has 6 heteroatoms. The summed E-state index contributed by atoms with van der Waals surface area (Å²) >= 11 is 0. The minimum absolute atomic E-state index is 0.00963. The van der Waals surface area contributed by atoms with Crippen LogP contribution in [-0.4, -0.2) is 45.6 Å². The summed E-state index contributed by atoms with van der Waals surface area (Å²) in [5.41, 5.74) is -1.65. The van der Waals surface area contributed by atoms with E-state index in [9.17, 15) is 20.1 Å². The average molecular weight is 398 g/mol. The molecule has 0 bridgehead atoms. The Morgan fingerprint density at radius 2 is 1.64 bits per heavy atom. The molecule has 6 nitrogen and oxygen atoms in total. The van der Waals surface area contributed by atoms with Crippen LogP contribution in [0.5, 0.6) is 0 Å². The maximum absolute atomic E-state index is 13.3. The van der Waals surface area contributed by atoms with Crippen molar-refractivity contribution in [2.45, 2.75) is 85.4 Å². The van der Waals surface area contributed by atoms with Gasteiger partial charge in [-0.15, -0.1) is 0 Å². The van der Waals surface area contributed by atoms with Crippen molar-refractivity contribution in [3.63, 3.8) is 0 Å². The summed E-state index contributed by atoms with van der Waals surface area (Å²) in [6, 6.07) is 0. The van der Waals surface area contributed by atoms with E-state index in [0.717, 1.165) is 0 Å². The van der Waals surface area contributed by atoms with E-state index < -0.39 is 23.4 Å². The van der Waals surface area contributed by atoms with Crippen molar-refractivity contribution in [2.75, 3.05) is 7.11 Å². The second kappa shape index (κ2) is 10.4. The molecular formula is C22H39NO5. The Hall–Kier alpha value is -1.40. The van der Waals surface area contributed by atoms with Crippen molar-refractivity contribution in [1.29, 1.82) is 0 Å². The molecular weight excluding hydrogens is 358 g/mol. The zero-order valence-electron chi connectivity index (χ0n) is 18.5. The lowest BCUT2D eigenvalue weighted by Crippen LogP contribution is -2.49. The van der Waals surface area contributed by atoms with Crippen LogP contribution in [0, 0.1) is 23.7 Å². The molecule has 0 heterocycles. The number of oxime groups is 1. The molecule has 0 aliphatic heterocycles. The molecule has 1 aliphatic carbocycles. The van der Waals surface area contributed by atoms with Crippen LogP contribution in [-0.2, 0) is 9.63 Å². The minimum Gasteiger partial charge on any atom is -0.508 e. The van der Waals surface area contributed by atoms with E-state index in [1.165, 1.54) is 7.11 Å². The largest absolute Gasteiger partial charge is 0.508 e. The van der Waals surface area contributed by atoms with Gasteiger partial charge in [0.25, 0.3) is 0 Å². The number of hydrogen-bond donors (Lipinski definition) is 3. The van der Waals surface area contributed by atoms with Crippen molar-refractivity contribution in [2.24, 2.45) is 28.8 Å². The fraction of sp³-hybridized carbons (Fsp3) is 0.818. The van der Waals surface area contributed by atoms with Crippen molar-refractivity contribution >= 4 is 11.5 Å². The number of allylic oxidation sites excluding steroid dienone is 1. The third-order valence-electron chi connectivity index (χ3n) is 5.36. The van der Waals surface area contributed by atoms with Crippen LogP contribution in [0.3, 0.4) is 0 Å². The number of hydrogen-bond acceptors (Lipinski definition) is 6. The van der Waals surface area contributed by atoms with Gasteiger partial charge in [-0.25, -0.2) is 0 Å². The number of carbonyl (C=O) groups excluding carboxylic acids is 1. The zero-order valence-corrected chi connectivity index (χ0v) is 18.5. The Labute approximate surface area is 169 Å². The Morgan fingerprint density at radius 3 is 2.11 bits per heavy atom. The normalized spacial score (nSPS) is 24.8. The van der Waals surface area contributed by atoms with E-state index in [1.807, 2.05) is 41.5 Å². The van der Waals surface area contributed by atoms with Crippen LogP contribution in [0.25, 0.3) is 0 Å². The molecule has 0 spiro atoms. The first-order valence-corrected chi connectivity index (χ1v) is 10.4. The predicted octanol–water partition coefficient (Wildman–Crippen LogP) is 4.01. The van der Waals surface area contributed by atoms with Gasteiger partial charge in [-0.3, -0.25) is 4.79 Å². The second-order valence-electron chi connectivity index (χ2n) is 9.24. The molecule has 0 fully saturated rings. The van der Waals surface area contributed by atoms with E-state index in [2.05, 4.69) is 5.16 Å². The van der Waals surface area contributed by atoms with Crippen molar-refractivity contribution in [1.82, 2.24) is 0 Å². The summed E-state index contributed by atoms with van der Waals surface area (Å²) in [7, 11) is 1.39. The number of nitrogens with zero attached hydrogens (tertiary/aromatic N) is 1. The van der Waals surface area contributed by atoms with Gasteiger partial charge in [-0.2, -0.15) is 0 Å². The Bertz CT molecular complexity index is 594. The summed E-state index contributed by atoms with van der Waals surface area (Å²) in [5, 5.41) is 37.2. The first-order chi connectivity index (χ1) is 13.0. The number of Topliss-reactive ketones (excluding diaryl/α,β-unsaturated/α-hetero) is 1. The molecule has 0 amide bonds. The second-order valence-corrected chi connectivity index (χ2v) is 9.24. The maximum atomic E-state index is 13.3. The van der Waals surface area contributed by atoms with Gasteiger partial charge in [0.1, 0.15) is 12.9 Å². The standard InChI is InChI=1S/C22H39NO5/c1-13(2)8-10-16-20(25)19(17(23-28-7)12-15(5)6)21(26)22(16,27)18(24)11-9-14(3)4/h13-16,18,24,26-27H,8-12H2,1-7H3/b23-17-/t16-,18?,22+/m0/s1. The highest BCUT2D eigenvalue weighted by Crippen LogP contribution is 2.44. The molecule has 3 N–H and O–H groups in total. The number of ketones is 1. The summed E-state index contributed by atoms with van der Waals surface area (Å²) in [6.07, 6.45) is 1.28. The lowest BCUT2D eigenvalue weighted by molar-refractivity contribution is -0.137. The smallest absolute Gasteiger partial charge is 0.174 e. The van der Waals surface area contributed by atoms with Crippen molar-refractivity contribution in [3.05, 3.63) is 11.3 Å². The Balaban J connectivity index is 3.40. The van der Waals surface area contributed by atoms with Crippen LogP contribution < -0.4 is 0 Å². The van der Waals surface area contributed by atoms with Crippen LogP contribution >= 0.6 is 0 Å². The highest BCUT2D eigenvalue weighted by molar-refractivity contribution is 6.25. The van der Waals surface area contributed by atoms with Gasteiger partial charge in [0, 0.05) is 0 Å². The monoisotopic (exact) mass is 397 g/mol. The molecule has 0 radical (unpaired) electrons. The number of carbonyl (C=O) groups is 1. The fourth-order valence-corrected chi connectivity index (χ4v) is 3.77. The van der Waals surface area contributed by atoms with Gasteiger partial charge < -0.3 is 20.2 Å². The molecule has 0 aromatic carbocycles. The highest BCUT2D eigenvalue weighted by atomic mass is 16.6.